The molecular formula is C23H29Cl2N5O3. The molecule has 2 heterocycles. The number of likely N-dealkylation sites (tertiary alicyclic amines) is 1. The number of hydrogen-bond donors (Lipinski definition) is 2. The maximum Gasteiger partial charge on any atom is 0.226 e. The van der Waals surface area contributed by atoms with Gasteiger partial charge < -0.3 is 16.0 Å². The molecule has 1 saturated heterocycles. The quantitative estimate of drug-likeness (QED) is 0.634. The van der Waals surface area contributed by atoms with Gasteiger partial charge in [-0.2, -0.15) is 5.10 Å². The van der Waals surface area contributed by atoms with Gasteiger partial charge in [0, 0.05) is 43.3 Å². The highest BCUT2D eigenvalue weighted by Crippen LogP contribution is 2.29. The molecule has 0 saturated carbocycles. The highest BCUT2D eigenvalue weighted by Gasteiger charge is 2.26. The Morgan fingerprint density at radius 1 is 1.09 bits per heavy atom. The Hall–Kier alpha value is -2.58. The van der Waals surface area contributed by atoms with Crippen molar-refractivity contribution in [3.8, 4) is 5.69 Å². The van der Waals surface area contributed by atoms with E-state index in [9.17, 15) is 14.4 Å². The number of anilines is 1. The number of nitrogens with zero attached hydrogens (tertiary/aromatic N) is 3. The standard InChI is InChI=1S/C23H29Cl2N5O3/c1-23(2,3)18-13-19(30(28-18)15-4-5-16(24)17(25)12-15)27-20(31)6-7-21(32)29-10-8-14(9-11-29)22(26)33/h4-5,12-14H,6-11H2,1-3H3,(H2,26,33)(H,27,31). The first-order valence-corrected chi connectivity index (χ1v) is 11.6. The molecule has 0 spiro atoms. The Balaban J connectivity index is 1.67. The van der Waals surface area contributed by atoms with Crippen molar-refractivity contribution in [1.82, 2.24) is 14.7 Å². The van der Waals surface area contributed by atoms with Crippen LogP contribution in [0.2, 0.25) is 10.0 Å². The van der Waals surface area contributed by atoms with Crippen LogP contribution in [0.1, 0.15) is 52.1 Å². The van der Waals surface area contributed by atoms with Gasteiger partial charge in [-0.3, -0.25) is 14.4 Å². The first kappa shape index (κ1) is 25.1. The zero-order valence-corrected chi connectivity index (χ0v) is 20.5. The third kappa shape index (κ3) is 6.26. The van der Waals surface area contributed by atoms with Gasteiger partial charge in [-0.1, -0.05) is 44.0 Å². The number of benzene rings is 1. The van der Waals surface area contributed by atoms with Crippen LogP contribution >= 0.6 is 23.2 Å². The van der Waals surface area contributed by atoms with E-state index in [1.165, 1.54) is 0 Å². The van der Waals surface area contributed by atoms with E-state index in [-0.39, 0.29) is 41.9 Å². The summed E-state index contributed by atoms with van der Waals surface area (Å²) in [6, 6.07) is 6.93. The summed E-state index contributed by atoms with van der Waals surface area (Å²) in [5.41, 5.74) is 6.55. The van der Waals surface area contributed by atoms with Crippen molar-refractivity contribution in [1.29, 1.82) is 0 Å². The molecule has 33 heavy (non-hydrogen) atoms. The third-order valence-corrected chi connectivity index (χ3v) is 6.45. The van der Waals surface area contributed by atoms with Crippen LogP contribution in [0.5, 0.6) is 0 Å². The first-order chi connectivity index (χ1) is 15.5. The molecule has 10 heteroatoms. The number of carbonyl (C=O) groups excluding carboxylic acids is 3. The summed E-state index contributed by atoms with van der Waals surface area (Å²) in [5.74, 6) is -0.428. The van der Waals surface area contributed by atoms with Gasteiger partial charge in [0.1, 0.15) is 5.82 Å². The van der Waals surface area contributed by atoms with E-state index >= 15 is 0 Å². The second-order valence-corrected chi connectivity index (χ2v) is 10.1. The van der Waals surface area contributed by atoms with Crippen molar-refractivity contribution in [3.05, 3.63) is 40.0 Å². The van der Waals surface area contributed by atoms with E-state index in [1.807, 2.05) is 26.8 Å². The van der Waals surface area contributed by atoms with Gasteiger partial charge in [0.25, 0.3) is 0 Å². The molecule has 0 unspecified atom stereocenters. The SMILES string of the molecule is CC(C)(C)c1cc(NC(=O)CCC(=O)N2CCC(C(N)=O)CC2)n(-c2ccc(Cl)c(Cl)c2)n1. The summed E-state index contributed by atoms with van der Waals surface area (Å²) in [5, 5.41) is 8.33. The van der Waals surface area contributed by atoms with Gasteiger partial charge in [0.05, 0.1) is 21.4 Å². The molecule has 0 bridgehead atoms. The normalized spacial score (nSPS) is 14.9. The number of halogens is 2. The number of nitrogens with one attached hydrogen (secondary N) is 1. The number of amides is 3. The van der Waals surface area contributed by atoms with Gasteiger partial charge in [-0.05, 0) is 31.0 Å². The van der Waals surface area contributed by atoms with E-state index < -0.39 is 0 Å². The van der Waals surface area contributed by atoms with Gasteiger partial charge in [0.2, 0.25) is 17.7 Å². The molecule has 1 aromatic carbocycles. The van der Waals surface area contributed by atoms with Crippen LogP contribution in [0.15, 0.2) is 24.3 Å². The average Bonchev–Trinajstić information content (AvgIpc) is 3.18. The summed E-state index contributed by atoms with van der Waals surface area (Å²) in [7, 11) is 0. The molecule has 0 radical (unpaired) electrons. The highest BCUT2D eigenvalue weighted by molar-refractivity contribution is 6.42. The van der Waals surface area contributed by atoms with Crippen LogP contribution in [0.25, 0.3) is 5.69 Å². The molecule has 1 aliphatic heterocycles. The fourth-order valence-corrected chi connectivity index (χ4v) is 3.94. The average molecular weight is 494 g/mol. The fourth-order valence-electron chi connectivity index (χ4n) is 3.65. The Labute approximate surface area is 203 Å². The molecule has 1 fully saturated rings. The molecule has 0 atom stereocenters. The largest absolute Gasteiger partial charge is 0.369 e. The van der Waals surface area contributed by atoms with E-state index in [0.717, 1.165) is 5.69 Å². The number of piperidine rings is 1. The number of primary amides is 1. The van der Waals surface area contributed by atoms with E-state index in [1.54, 1.807) is 27.8 Å². The molecule has 3 amide bonds. The van der Waals surface area contributed by atoms with Crippen LogP contribution in [0.4, 0.5) is 5.82 Å². The Bertz CT molecular complexity index is 1050. The highest BCUT2D eigenvalue weighted by atomic mass is 35.5. The third-order valence-electron chi connectivity index (χ3n) is 5.71. The molecule has 3 N–H and O–H groups in total. The van der Waals surface area contributed by atoms with Crippen molar-refractivity contribution in [2.75, 3.05) is 18.4 Å². The van der Waals surface area contributed by atoms with Crippen LogP contribution in [0.3, 0.4) is 0 Å². The lowest BCUT2D eigenvalue weighted by Crippen LogP contribution is -2.41. The van der Waals surface area contributed by atoms with Crippen LogP contribution < -0.4 is 11.1 Å². The number of carbonyl (C=O) groups is 3. The molecular weight excluding hydrogens is 465 g/mol. The van der Waals surface area contributed by atoms with Gasteiger partial charge in [0.15, 0.2) is 0 Å². The summed E-state index contributed by atoms with van der Waals surface area (Å²) < 4.78 is 1.61. The minimum Gasteiger partial charge on any atom is -0.369 e. The molecule has 1 aliphatic rings. The first-order valence-electron chi connectivity index (χ1n) is 10.9. The summed E-state index contributed by atoms with van der Waals surface area (Å²) >= 11 is 12.2. The molecule has 0 aliphatic carbocycles. The zero-order valence-electron chi connectivity index (χ0n) is 19.0. The predicted octanol–water partition coefficient (Wildman–Crippen LogP) is 3.92. The predicted molar refractivity (Wildman–Crippen MR) is 129 cm³/mol. The zero-order chi connectivity index (χ0) is 24.3. The smallest absolute Gasteiger partial charge is 0.226 e. The van der Waals surface area contributed by atoms with Crippen LogP contribution in [0, 0.1) is 5.92 Å². The fraction of sp³-hybridized carbons (Fsp3) is 0.478. The monoisotopic (exact) mass is 493 g/mol. The second kappa shape index (κ2) is 10.1. The summed E-state index contributed by atoms with van der Waals surface area (Å²) in [6.07, 6.45) is 1.24. The minimum atomic E-state index is -0.324. The Morgan fingerprint density at radius 3 is 2.33 bits per heavy atom. The van der Waals surface area contributed by atoms with Crippen molar-refractivity contribution in [2.24, 2.45) is 11.7 Å². The van der Waals surface area contributed by atoms with Crippen molar-refractivity contribution < 1.29 is 14.4 Å². The lowest BCUT2D eigenvalue weighted by Gasteiger charge is -2.30. The Morgan fingerprint density at radius 2 is 1.76 bits per heavy atom. The molecule has 8 nitrogen and oxygen atoms in total. The maximum absolute atomic E-state index is 12.7. The number of rotatable bonds is 6. The maximum atomic E-state index is 12.7. The molecule has 2 aromatic rings. The molecule has 3 rings (SSSR count). The van der Waals surface area contributed by atoms with Gasteiger partial charge in [-0.15, -0.1) is 0 Å². The topological polar surface area (TPSA) is 110 Å². The van der Waals surface area contributed by atoms with Gasteiger partial charge in [-0.25, -0.2) is 4.68 Å². The van der Waals surface area contributed by atoms with Crippen LogP contribution in [-0.2, 0) is 19.8 Å². The van der Waals surface area contributed by atoms with E-state index in [0.29, 0.717) is 47.5 Å². The molecule has 1 aromatic heterocycles. The van der Waals surface area contributed by atoms with Crippen LogP contribution in [-0.4, -0.2) is 45.5 Å². The number of hydrogen-bond acceptors (Lipinski definition) is 4. The van der Waals surface area contributed by atoms with Crippen molar-refractivity contribution in [3.63, 3.8) is 0 Å². The van der Waals surface area contributed by atoms with Crippen molar-refractivity contribution >= 4 is 46.7 Å². The van der Waals surface area contributed by atoms with E-state index in [4.69, 9.17) is 28.9 Å². The number of nitrogens with two attached hydrogens (primary N) is 1. The second-order valence-electron chi connectivity index (χ2n) is 9.28. The number of aromatic nitrogens is 2. The van der Waals surface area contributed by atoms with Crippen molar-refractivity contribution in [2.45, 2.75) is 51.9 Å². The van der Waals surface area contributed by atoms with Gasteiger partial charge >= 0.3 is 0 Å². The Kier molecular flexibility index (Phi) is 7.69. The van der Waals surface area contributed by atoms with E-state index in [2.05, 4.69) is 10.4 Å². The summed E-state index contributed by atoms with van der Waals surface area (Å²) in [6.45, 7) is 7.04. The lowest BCUT2D eigenvalue weighted by molar-refractivity contribution is -0.135. The molecule has 178 valence electrons. The lowest BCUT2D eigenvalue weighted by atomic mass is 9.92. The summed E-state index contributed by atoms with van der Waals surface area (Å²) in [4.78, 5) is 38.2. The minimum absolute atomic E-state index is 0.0337.